The smallest absolute Gasteiger partial charge is 0.314 e. The van der Waals surface area contributed by atoms with Gasteiger partial charge >= 0.3 is 5.97 Å². The van der Waals surface area contributed by atoms with Crippen LogP contribution < -0.4 is 0 Å². The monoisotopic (exact) mass is 258 g/mol. The minimum Gasteiger partial charge on any atom is -0.481 e. The lowest BCUT2D eigenvalue weighted by Gasteiger charge is -2.43. The summed E-state index contributed by atoms with van der Waals surface area (Å²) in [5, 5.41) is 10.2. The first-order chi connectivity index (χ1) is 7.45. The lowest BCUT2D eigenvalue weighted by Crippen LogP contribution is -2.46. The molecule has 0 bridgehead atoms. The van der Waals surface area contributed by atoms with Crippen molar-refractivity contribution in [2.45, 2.75) is 25.2 Å². The van der Waals surface area contributed by atoms with E-state index in [0.29, 0.717) is 28.8 Å². The van der Waals surface area contributed by atoms with Gasteiger partial charge in [0.25, 0.3) is 0 Å². The lowest BCUT2D eigenvalue weighted by molar-refractivity contribution is -0.149. The highest BCUT2D eigenvalue weighted by molar-refractivity contribution is 6.42. The second-order valence-corrected chi connectivity index (χ2v) is 5.34. The van der Waals surface area contributed by atoms with E-state index < -0.39 is 11.4 Å². The average molecular weight is 259 g/mol. The molecule has 0 unspecified atom stereocenters. The van der Waals surface area contributed by atoms with Crippen molar-refractivity contribution in [2.75, 3.05) is 0 Å². The van der Waals surface area contributed by atoms with Gasteiger partial charge in [0.2, 0.25) is 0 Å². The molecule has 1 aliphatic rings. The summed E-state index contributed by atoms with van der Waals surface area (Å²) in [7, 11) is 0. The normalized spacial score (nSPS) is 28.6. The summed E-state index contributed by atoms with van der Waals surface area (Å²) in [4.78, 5) is 11.4. The number of carboxylic acid groups (broad SMARTS) is 1. The van der Waals surface area contributed by atoms with E-state index in [1.165, 1.54) is 0 Å². The van der Waals surface area contributed by atoms with Gasteiger partial charge < -0.3 is 5.11 Å². The largest absolute Gasteiger partial charge is 0.481 e. The number of aliphatic carboxylic acids is 1. The van der Waals surface area contributed by atoms with Gasteiger partial charge in [-0.2, -0.15) is 0 Å². The van der Waals surface area contributed by atoms with Crippen LogP contribution in [-0.4, -0.2) is 11.1 Å². The van der Waals surface area contributed by atoms with E-state index in [-0.39, 0.29) is 0 Å². The molecular weight excluding hydrogens is 247 g/mol. The van der Waals surface area contributed by atoms with E-state index in [0.717, 1.165) is 5.56 Å². The molecular formula is C12H12Cl2O2. The highest BCUT2D eigenvalue weighted by Gasteiger charge is 2.50. The summed E-state index contributed by atoms with van der Waals surface area (Å²) >= 11 is 11.7. The molecule has 0 atom stereocenters. The molecule has 1 aliphatic carbocycles. The standard InChI is InChI=1S/C12H12Cl2O2/c1-7-5-12(6-7,11(15)16)8-2-3-9(13)10(14)4-8/h2-4,7H,5-6H2,1H3,(H,15,16). The number of hydrogen-bond donors (Lipinski definition) is 1. The molecule has 1 N–H and O–H groups in total. The summed E-state index contributed by atoms with van der Waals surface area (Å²) in [6.45, 7) is 2.05. The van der Waals surface area contributed by atoms with Gasteiger partial charge in [0, 0.05) is 0 Å². The molecule has 0 aliphatic heterocycles. The Balaban J connectivity index is 2.41. The summed E-state index contributed by atoms with van der Waals surface area (Å²) in [6.07, 6.45) is 1.33. The fourth-order valence-electron chi connectivity index (χ4n) is 2.46. The zero-order valence-electron chi connectivity index (χ0n) is 8.84. The molecule has 4 heteroatoms. The maximum Gasteiger partial charge on any atom is 0.314 e. The molecule has 0 heterocycles. The molecule has 0 amide bonds. The van der Waals surface area contributed by atoms with Crippen molar-refractivity contribution in [3.8, 4) is 0 Å². The topological polar surface area (TPSA) is 37.3 Å². The van der Waals surface area contributed by atoms with Crippen LogP contribution in [0.1, 0.15) is 25.3 Å². The minimum atomic E-state index is -0.774. The Morgan fingerprint density at radius 1 is 1.38 bits per heavy atom. The third-order valence-corrected chi connectivity index (χ3v) is 4.01. The number of carboxylic acids is 1. The molecule has 1 saturated carbocycles. The van der Waals surface area contributed by atoms with Crippen molar-refractivity contribution in [1.82, 2.24) is 0 Å². The second kappa shape index (κ2) is 3.94. The van der Waals surface area contributed by atoms with Crippen molar-refractivity contribution < 1.29 is 9.90 Å². The van der Waals surface area contributed by atoms with Gasteiger partial charge in [0.1, 0.15) is 0 Å². The number of benzene rings is 1. The third kappa shape index (κ3) is 1.70. The zero-order valence-corrected chi connectivity index (χ0v) is 10.3. The third-order valence-electron chi connectivity index (χ3n) is 3.28. The number of halogens is 2. The minimum absolute atomic E-state index is 0.416. The van der Waals surface area contributed by atoms with Crippen LogP contribution in [0.15, 0.2) is 18.2 Å². The van der Waals surface area contributed by atoms with Gasteiger partial charge in [-0.1, -0.05) is 36.2 Å². The first-order valence-electron chi connectivity index (χ1n) is 5.14. The van der Waals surface area contributed by atoms with Crippen LogP contribution in [0.5, 0.6) is 0 Å². The average Bonchev–Trinajstić information content (AvgIpc) is 2.17. The van der Waals surface area contributed by atoms with E-state index in [4.69, 9.17) is 23.2 Å². The van der Waals surface area contributed by atoms with Gasteiger partial charge in [0.05, 0.1) is 15.5 Å². The number of hydrogen-bond acceptors (Lipinski definition) is 1. The predicted octanol–water partition coefficient (Wildman–Crippen LogP) is 3.75. The highest BCUT2D eigenvalue weighted by atomic mass is 35.5. The van der Waals surface area contributed by atoms with E-state index in [2.05, 4.69) is 6.92 Å². The molecule has 16 heavy (non-hydrogen) atoms. The molecule has 1 aromatic rings. The van der Waals surface area contributed by atoms with E-state index >= 15 is 0 Å². The van der Waals surface area contributed by atoms with Gasteiger partial charge in [-0.15, -0.1) is 0 Å². The van der Waals surface area contributed by atoms with Crippen LogP contribution in [-0.2, 0) is 10.2 Å². The van der Waals surface area contributed by atoms with E-state index in [1.807, 2.05) is 0 Å². The van der Waals surface area contributed by atoms with Crippen molar-refractivity contribution >= 4 is 29.2 Å². The summed E-state index contributed by atoms with van der Waals surface area (Å²) in [5.41, 5.74) is 0.000640. The van der Waals surface area contributed by atoms with Gasteiger partial charge in [0.15, 0.2) is 0 Å². The molecule has 2 nitrogen and oxygen atoms in total. The Kier molecular flexibility index (Phi) is 2.89. The van der Waals surface area contributed by atoms with Crippen molar-refractivity contribution in [2.24, 2.45) is 5.92 Å². The first kappa shape index (κ1) is 11.7. The van der Waals surface area contributed by atoms with Crippen LogP contribution in [0.4, 0.5) is 0 Å². The Hall–Kier alpha value is -0.730. The molecule has 2 rings (SSSR count). The first-order valence-corrected chi connectivity index (χ1v) is 5.90. The zero-order chi connectivity index (χ0) is 11.9. The fraction of sp³-hybridized carbons (Fsp3) is 0.417. The molecule has 0 saturated heterocycles. The van der Waals surface area contributed by atoms with Crippen LogP contribution in [0.3, 0.4) is 0 Å². The maximum atomic E-state index is 11.4. The highest BCUT2D eigenvalue weighted by Crippen LogP contribution is 2.48. The van der Waals surface area contributed by atoms with Crippen molar-refractivity contribution in [1.29, 1.82) is 0 Å². The Labute approximate surface area is 104 Å². The quantitative estimate of drug-likeness (QED) is 0.878. The maximum absolute atomic E-state index is 11.4. The summed E-state index contributed by atoms with van der Waals surface area (Å²) < 4.78 is 0. The van der Waals surface area contributed by atoms with Gasteiger partial charge in [-0.3, -0.25) is 4.79 Å². The Bertz CT molecular complexity index is 437. The lowest BCUT2D eigenvalue weighted by atomic mass is 9.59. The Morgan fingerprint density at radius 3 is 2.44 bits per heavy atom. The molecule has 1 fully saturated rings. The molecule has 0 aromatic heterocycles. The van der Waals surface area contributed by atoms with Crippen LogP contribution >= 0.6 is 23.2 Å². The predicted molar refractivity (Wildman–Crippen MR) is 64.2 cm³/mol. The van der Waals surface area contributed by atoms with Crippen molar-refractivity contribution in [3.05, 3.63) is 33.8 Å². The van der Waals surface area contributed by atoms with Crippen LogP contribution in [0.2, 0.25) is 10.0 Å². The molecule has 0 radical (unpaired) electrons. The van der Waals surface area contributed by atoms with Crippen molar-refractivity contribution in [3.63, 3.8) is 0 Å². The van der Waals surface area contributed by atoms with Gasteiger partial charge in [-0.25, -0.2) is 0 Å². The van der Waals surface area contributed by atoms with E-state index in [9.17, 15) is 9.90 Å². The molecule has 86 valence electrons. The summed E-state index contributed by atoms with van der Waals surface area (Å²) in [5.74, 6) is -0.324. The van der Waals surface area contributed by atoms with Crippen LogP contribution in [0.25, 0.3) is 0 Å². The fourth-order valence-corrected chi connectivity index (χ4v) is 2.76. The van der Waals surface area contributed by atoms with Crippen LogP contribution in [0, 0.1) is 5.92 Å². The van der Waals surface area contributed by atoms with Gasteiger partial charge in [-0.05, 0) is 36.5 Å². The number of rotatable bonds is 2. The Morgan fingerprint density at radius 2 is 2.00 bits per heavy atom. The SMILES string of the molecule is CC1CC(C(=O)O)(c2ccc(Cl)c(Cl)c2)C1. The molecule has 1 aromatic carbocycles. The summed E-state index contributed by atoms with van der Waals surface area (Å²) in [6, 6.07) is 5.09. The number of carbonyl (C=O) groups is 1. The molecule has 0 spiro atoms. The second-order valence-electron chi connectivity index (χ2n) is 4.53. The van der Waals surface area contributed by atoms with E-state index in [1.54, 1.807) is 18.2 Å².